The van der Waals surface area contributed by atoms with Crippen molar-refractivity contribution in [3.05, 3.63) is 140 Å². The molecule has 0 radical (unpaired) electrons. The molecule has 0 spiro atoms. The minimum atomic E-state index is 0.625. The number of rotatable bonds is 4. The lowest BCUT2D eigenvalue weighted by Gasteiger charge is -2.08. The number of fused-ring (bicyclic) bond motifs is 6. The number of hydrogen-bond donors (Lipinski definition) is 0. The van der Waals surface area contributed by atoms with Gasteiger partial charge in [0, 0.05) is 53.2 Å². The predicted octanol–water partition coefficient (Wildman–Crippen LogP) is 10.8. The monoisotopic (exact) mass is 581 g/mol. The quantitative estimate of drug-likeness (QED) is 0.207. The lowest BCUT2D eigenvalue weighted by atomic mass is 10.00. The molecule has 0 atom stereocenters. The maximum absolute atomic E-state index is 6.55. The van der Waals surface area contributed by atoms with E-state index in [1.54, 1.807) is 0 Å². The van der Waals surface area contributed by atoms with E-state index < -0.39 is 0 Å². The second kappa shape index (κ2) is 9.97. The first-order chi connectivity index (χ1) is 21.8. The second-order valence-corrected chi connectivity index (χ2v) is 11.9. The summed E-state index contributed by atoms with van der Waals surface area (Å²) in [5, 5.41) is 4.66. The summed E-state index contributed by atoms with van der Waals surface area (Å²) in [5.41, 5.74) is 6.74. The maximum Gasteiger partial charge on any atom is 0.164 e. The van der Waals surface area contributed by atoms with Crippen LogP contribution in [-0.4, -0.2) is 15.0 Å². The fourth-order valence-corrected chi connectivity index (χ4v) is 7.08. The van der Waals surface area contributed by atoms with Gasteiger partial charge in [-0.1, -0.05) is 103 Å². The molecule has 0 unspecified atom stereocenters. The van der Waals surface area contributed by atoms with Crippen molar-refractivity contribution in [2.75, 3.05) is 0 Å². The summed E-state index contributed by atoms with van der Waals surface area (Å²) < 4.78 is 9.14. The number of thiophene rings is 1. The lowest BCUT2D eigenvalue weighted by molar-refractivity contribution is 0.670. The number of hydrogen-bond acceptors (Lipinski definition) is 5. The van der Waals surface area contributed by atoms with Crippen molar-refractivity contribution in [2.24, 2.45) is 0 Å². The van der Waals surface area contributed by atoms with Crippen molar-refractivity contribution in [3.63, 3.8) is 0 Å². The molecule has 44 heavy (non-hydrogen) atoms. The van der Waals surface area contributed by atoms with Crippen LogP contribution in [0.2, 0.25) is 0 Å². The average Bonchev–Trinajstić information content (AvgIpc) is 3.66. The summed E-state index contributed by atoms with van der Waals surface area (Å²) in [6.45, 7) is 0. The Labute approximate surface area is 256 Å². The zero-order valence-corrected chi connectivity index (χ0v) is 24.3. The Morgan fingerprint density at radius 2 is 1.00 bits per heavy atom. The first kappa shape index (κ1) is 24.9. The predicted molar refractivity (Wildman–Crippen MR) is 182 cm³/mol. The zero-order valence-electron chi connectivity index (χ0n) is 23.4. The van der Waals surface area contributed by atoms with Gasteiger partial charge >= 0.3 is 0 Å². The van der Waals surface area contributed by atoms with Crippen LogP contribution in [0.3, 0.4) is 0 Å². The summed E-state index contributed by atoms with van der Waals surface area (Å²) in [5.74, 6) is 1.91. The van der Waals surface area contributed by atoms with Crippen LogP contribution >= 0.6 is 11.3 Å². The Morgan fingerprint density at radius 3 is 1.75 bits per heavy atom. The Kier molecular flexibility index (Phi) is 5.64. The van der Waals surface area contributed by atoms with Crippen molar-refractivity contribution in [2.45, 2.75) is 0 Å². The molecule has 9 rings (SSSR count). The van der Waals surface area contributed by atoms with Gasteiger partial charge in [-0.2, -0.15) is 0 Å². The van der Waals surface area contributed by atoms with Gasteiger partial charge in [-0.05, 0) is 42.0 Å². The molecule has 5 heteroatoms. The first-order valence-electron chi connectivity index (χ1n) is 14.5. The molecule has 0 N–H and O–H groups in total. The van der Waals surface area contributed by atoms with Gasteiger partial charge < -0.3 is 4.42 Å². The van der Waals surface area contributed by atoms with Gasteiger partial charge in [0.05, 0.1) is 0 Å². The number of para-hydroxylation sites is 1. The van der Waals surface area contributed by atoms with Crippen LogP contribution in [-0.2, 0) is 0 Å². The largest absolute Gasteiger partial charge is 0.455 e. The molecule has 0 saturated carbocycles. The molecule has 0 saturated heterocycles. The lowest BCUT2D eigenvalue weighted by Crippen LogP contribution is -2.00. The van der Waals surface area contributed by atoms with E-state index >= 15 is 0 Å². The van der Waals surface area contributed by atoms with E-state index in [1.165, 1.54) is 20.2 Å². The van der Waals surface area contributed by atoms with Crippen LogP contribution in [0.5, 0.6) is 0 Å². The van der Waals surface area contributed by atoms with Gasteiger partial charge in [-0.3, -0.25) is 0 Å². The molecule has 0 fully saturated rings. The molecular weight excluding hydrogens is 559 g/mol. The minimum Gasteiger partial charge on any atom is -0.455 e. The van der Waals surface area contributed by atoms with Gasteiger partial charge in [-0.15, -0.1) is 11.3 Å². The third kappa shape index (κ3) is 4.09. The van der Waals surface area contributed by atoms with E-state index in [-0.39, 0.29) is 0 Å². The van der Waals surface area contributed by atoms with Gasteiger partial charge in [0.15, 0.2) is 17.5 Å². The van der Waals surface area contributed by atoms with E-state index in [9.17, 15) is 0 Å². The number of furan rings is 1. The van der Waals surface area contributed by atoms with E-state index in [0.717, 1.165) is 49.8 Å². The van der Waals surface area contributed by atoms with Crippen molar-refractivity contribution < 1.29 is 4.42 Å². The summed E-state index contributed by atoms with van der Waals surface area (Å²) in [6.07, 6.45) is 0. The molecular formula is C39H23N3OS. The fourth-order valence-electron chi connectivity index (χ4n) is 6.00. The molecule has 0 aliphatic carbocycles. The molecule has 0 amide bonds. The topological polar surface area (TPSA) is 51.8 Å². The second-order valence-electron chi connectivity index (χ2n) is 10.8. The SMILES string of the molecule is c1ccc(-c2nc(-c3ccccc3)nc(-c3ccc4oc5c(-c6ccc7sc8ccccc8c7c6)cccc5c4c3)n2)cc1. The Hall–Kier alpha value is -5.65. The highest BCUT2D eigenvalue weighted by Gasteiger charge is 2.17. The van der Waals surface area contributed by atoms with Crippen molar-refractivity contribution >= 4 is 53.4 Å². The molecule has 9 aromatic rings. The highest BCUT2D eigenvalue weighted by Crippen LogP contribution is 2.40. The average molecular weight is 582 g/mol. The van der Waals surface area contributed by atoms with Crippen molar-refractivity contribution in [1.82, 2.24) is 15.0 Å². The van der Waals surface area contributed by atoms with E-state index in [4.69, 9.17) is 19.4 Å². The van der Waals surface area contributed by atoms with Crippen molar-refractivity contribution in [3.8, 4) is 45.3 Å². The van der Waals surface area contributed by atoms with Gasteiger partial charge in [-0.25, -0.2) is 15.0 Å². The van der Waals surface area contributed by atoms with Crippen LogP contribution in [0, 0.1) is 0 Å². The van der Waals surface area contributed by atoms with Crippen LogP contribution in [0.1, 0.15) is 0 Å². The molecule has 0 aliphatic heterocycles. The molecule has 6 aromatic carbocycles. The van der Waals surface area contributed by atoms with Gasteiger partial charge in [0.25, 0.3) is 0 Å². The van der Waals surface area contributed by atoms with Crippen LogP contribution in [0.25, 0.3) is 87.4 Å². The molecule has 3 heterocycles. The normalized spacial score (nSPS) is 11.6. The third-order valence-corrected chi connectivity index (χ3v) is 9.29. The number of aromatic nitrogens is 3. The first-order valence-corrected chi connectivity index (χ1v) is 15.3. The summed E-state index contributed by atoms with van der Waals surface area (Å²) in [4.78, 5) is 14.7. The van der Waals surface area contributed by atoms with E-state index in [0.29, 0.717) is 17.5 Å². The van der Waals surface area contributed by atoms with Gasteiger partial charge in [0.1, 0.15) is 11.2 Å². The van der Waals surface area contributed by atoms with Crippen LogP contribution < -0.4 is 0 Å². The molecule has 206 valence electrons. The fraction of sp³-hybridized carbons (Fsp3) is 0. The third-order valence-electron chi connectivity index (χ3n) is 8.14. The molecule has 0 aliphatic rings. The van der Waals surface area contributed by atoms with Crippen molar-refractivity contribution in [1.29, 1.82) is 0 Å². The van der Waals surface area contributed by atoms with Crippen LogP contribution in [0.15, 0.2) is 144 Å². The Bertz CT molecular complexity index is 2440. The Balaban J connectivity index is 1.21. The van der Waals surface area contributed by atoms with Crippen LogP contribution in [0.4, 0.5) is 0 Å². The number of nitrogens with zero attached hydrogens (tertiary/aromatic N) is 3. The standard InChI is InChI=1S/C39H23N3OS/c1-3-10-24(11-4-1)37-40-38(25-12-5-2-6-13-25)42-39(41-37)27-18-20-33-31(23-27)30-16-9-15-28(36(30)43-33)26-19-21-35-32(22-26)29-14-7-8-17-34(29)44-35/h1-23H. The molecule has 3 aromatic heterocycles. The smallest absolute Gasteiger partial charge is 0.164 e. The van der Waals surface area contributed by atoms with E-state index in [2.05, 4.69) is 66.7 Å². The zero-order chi connectivity index (χ0) is 29.0. The van der Waals surface area contributed by atoms with E-state index in [1.807, 2.05) is 84.1 Å². The summed E-state index contributed by atoms with van der Waals surface area (Å²) in [6, 6.07) is 48.0. The highest BCUT2D eigenvalue weighted by molar-refractivity contribution is 7.25. The highest BCUT2D eigenvalue weighted by atomic mass is 32.1. The summed E-state index contributed by atoms with van der Waals surface area (Å²) >= 11 is 1.83. The summed E-state index contributed by atoms with van der Waals surface area (Å²) in [7, 11) is 0. The minimum absolute atomic E-state index is 0.625. The maximum atomic E-state index is 6.55. The Morgan fingerprint density at radius 1 is 0.409 bits per heavy atom. The van der Waals surface area contributed by atoms with Gasteiger partial charge in [0.2, 0.25) is 0 Å². The molecule has 0 bridgehead atoms. The molecule has 4 nitrogen and oxygen atoms in total. The number of benzene rings is 6.